The van der Waals surface area contributed by atoms with Gasteiger partial charge in [0.2, 0.25) is 0 Å². The van der Waals surface area contributed by atoms with Gasteiger partial charge in [0.05, 0.1) is 11.9 Å². The fraction of sp³-hybridized carbons (Fsp3) is 0. The van der Waals surface area contributed by atoms with Gasteiger partial charge in [-0.05, 0) is 53.6 Å². The van der Waals surface area contributed by atoms with Crippen molar-refractivity contribution in [1.29, 1.82) is 0 Å². The number of carbonyl (C=O) groups excluding carboxylic acids is 3. The van der Waals surface area contributed by atoms with Crippen LogP contribution < -0.4 is 80.0 Å². The molecule has 0 heterocycles. The van der Waals surface area contributed by atoms with E-state index in [1.807, 2.05) is 0 Å². The predicted molar refractivity (Wildman–Crippen MR) is 82.1 cm³/mol. The average molecular weight is 368 g/mol. The Bertz CT molecular complexity index is 828. The summed E-state index contributed by atoms with van der Waals surface area (Å²) in [6, 6.07) is 8.75. The molecule has 0 aliphatic heterocycles. The molecular weight excluding hydrogens is 358 g/mol. The van der Waals surface area contributed by atoms with Crippen LogP contribution in [0.2, 0.25) is 0 Å². The van der Waals surface area contributed by atoms with Gasteiger partial charge in [-0.1, -0.05) is 5.92 Å². The average Bonchev–Trinajstić information content (AvgIpc) is 2.55. The van der Waals surface area contributed by atoms with E-state index in [0.29, 0.717) is 11.3 Å². The topological polar surface area (TPSA) is 121 Å². The molecular formula is C17H10N2Na2O5. The van der Waals surface area contributed by atoms with E-state index in [1.165, 1.54) is 0 Å². The van der Waals surface area contributed by atoms with Gasteiger partial charge in [-0.15, -0.1) is 6.42 Å². The Balaban J connectivity index is 0.00000312. The second kappa shape index (κ2) is 11.0. The Labute approximate surface area is 193 Å². The van der Waals surface area contributed by atoms with Gasteiger partial charge < -0.3 is 30.4 Å². The number of benzene rings is 2. The number of anilines is 2. The minimum Gasteiger partial charge on any atom is -0.545 e. The number of urea groups is 1. The van der Waals surface area contributed by atoms with Crippen LogP contribution >= 0.6 is 0 Å². The van der Waals surface area contributed by atoms with Crippen molar-refractivity contribution in [2.75, 3.05) is 10.6 Å². The Morgan fingerprint density at radius 1 is 0.808 bits per heavy atom. The summed E-state index contributed by atoms with van der Waals surface area (Å²) in [7, 11) is 0. The van der Waals surface area contributed by atoms with E-state index in [2.05, 4.69) is 16.6 Å². The Kier molecular flexibility index (Phi) is 10.3. The summed E-state index contributed by atoms with van der Waals surface area (Å²) in [5, 5.41) is 26.6. The van der Waals surface area contributed by atoms with Gasteiger partial charge in [0.15, 0.2) is 0 Å². The maximum Gasteiger partial charge on any atom is 1.00 e. The third-order valence-corrected chi connectivity index (χ3v) is 2.97. The molecule has 0 aliphatic carbocycles. The number of terminal acetylenes is 1. The number of hydrogen-bond acceptors (Lipinski definition) is 5. The number of rotatable bonds is 4. The molecule has 7 nitrogen and oxygen atoms in total. The van der Waals surface area contributed by atoms with E-state index in [0.717, 1.165) is 18.2 Å². The van der Waals surface area contributed by atoms with Crippen molar-refractivity contribution in [1.82, 2.24) is 0 Å². The molecule has 2 aromatic carbocycles. The minimum absolute atomic E-state index is 0. The van der Waals surface area contributed by atoms with Gasteiger partial charge >= 0.3 is 65.1 Å². The van der Waals surface area contributed by atoms with E-state index in [1.54, 1.807) is 24.3 Å². The molecule has 0 radical (unpaired) electrons. The van der Waals surface area contributed by atoms with Gasteiger partial charge in [0.1, 0.15) is 0 Å². The predicted octanol–water partition coefficient (Wildman–Crippen LogP) is -5.95. The van der Waals surface area contributed by atoms with Crippen molar-refractivity contribution in [3.8, 4) is 12.3 Å². The molecule has 2 rings (SSSR count). The monoisotopic (exact) mass is 368 g/mol. The number of aromatic carboxylic acids is 2. The molecule has 2 N–H and O–H groups in total. The second-order valence-electron chi connectivity index (χ2n) is 4.67. The van der Waals surface area contributed by atoms with Crippen molar-refractivity contribution in [2.45, 2.75) is 0 Å². The Morgan fingerprint density at radius 3 is 1.69 bits per heavy atom. The summed E-state index contributed by atoms with van der Waals surface area (Å²) in [6.07, 6.45) is 5.22. The summed E-state index contributed by atoms with van der Waals surface area (Å²) in [5.41, 5.74) is 0.258. The van der Waals surface area contributed by atoms with Crippen LogP contribution in [0.15, 0.2) is 42.5 Å². The normalized spacial score (nSPS) is 8.88. The number of hydrogen-bond donors (Lipinski definition) is 2. The number of carbonyl (C=O) groups is 3. The first-order valence-corrected chi connectivity index (χ1v) is 6.61. The maximum atomic E-state index is 11.9. The molecule has 0 spiro atoms. The molecule has 0 atom stereocenters. The summed E-state index contributed by atoms with van der Waals surface area (Å²) < 4.78 is 0. The molecule has 0 saturated carbocycles. The van der Waals surface area contributed by atoms with Gasteiger partial charge in [-0.3, -0.25) is 0 Å². The van der Waals surface area contributed by atoms with Crippen molar-refractivity contribution in [3.63, 3.8) is 0 Å². The van der Waals surface area contributed by atoms with Crippen LogP contribution in [0.1, 0.15) is 26.3 Å². The molecule has 2 aromatic rings. The largest absolute Gasteiger partial charge is 1.00 e. The van der Waals surface area contributed by atoms with Crippen molar-refractivity contribution < 1.29 is 83.7 Å². The smallest absolute Gasteiger partial charge is 0.545 e. The van der Waals surface area contributed by atoms with E-state index in [-0.39, 0.29) is 64.8 Å². The van der Waals surface area contributed by atoms with E-state index < -0.39 is 29.1 Å². The first-order valence-electron chi connectivity index (χ1n) is 6.61. The molecule has 0 aromatic heterocycles. The van der Waals surface area contributed by atoms with Crippen LogP contribution in [0.25, 0.3) is 0 Å². The molecule has 0 unspecified atom stereocenters. The SMILES string of the molecule is C#Cc1ccc(NC(=O)Nc2cc(C(=O)[O-])cc(C(=O)[O-])c2)cc1.[Na+].[Na+]. The fourth-order valence-corrected chi connectivity index (χ4v) is 1.88. The number of carboxylic acids is 2. The van der Waals surface area contributed by atoms with Gasteiger partial charge in [-0.25, -0.2) is 4.79 Å². The molecule has 0 saturated heterocycles. The van der Waals surface area contributed by atoms with E-state index >= 15 is 0 Å². The van der Waals surface area contributed by atoms with E-state index in [9.17, 15) is 24.6 Å². The fourth-order valence-electron chi connectivity index (χ4n) is 1.88. The molecule has 0 bridgehead atoms. The van der Waals surface area contributed by atoms with Crippen LogP contribution in [-0.2, 0) is 0 Å². The molecule has 2 amide bonds. The van der Waals surface area contributed by atoms with Crippen molar-refractivity contribution in [2.24, 2.45) is 0 Å². The zero-order chi connectivity index (χ0) is 17.7. The Morgan fingerprint density at radius 2 is 1.27 bits per heavy atom. The summed E-state index contributed by atoms with van der Waals surface area (Å²) >= 11 is 0. The molecule has 9 heteroatoms. The zero-order valence-corrected chi connectivity index (χ0v) is 18.2. The number of amides is 2. The zero-order valence-electron chi connectivity index (χ0n) is 14.2. The van der Waals surface area contributed by atoms with Gasteiger partial charge in [0.25, 0.3) is 0 Å². The third kappa shape index (κ3) is 6.84. The third-order valence-electron chi connectivity index (χ3n) is 2.97. The summed E-state index contributed by atoms with van der Waals surface area (Å²) in [4.78, 5) is 33.7. The van der Waals surface area contributed by atoms with E-state index in [4.69, 9.17) is 6.42 Å². The van der Waals surface area contributed by atoms with Gasteiger partial charge in [-0.2, -0.15) is 0 Å². The van der Waals surface area contributed by atoms with Crippen LogP contribution in [0.5, 0.6) is 0 Å². The first-order chi connectivity index (χ1) is 11.4. The van der Waals surface area contributed by atoms with Crippen LogP contribution in [0, 0.1) is 12.3 Å². The van der Waals surface area contributed by atoms with Crippen molar-refractivity contribution in [3.05, 3.63) is 59.2 Å². The second-order valence-corrected chi connectivity index (χ2v) is 4.67. The van der Waals surface area contributed by atoms with Crippen LogP contribution in [-0.4, -0.2) is 18.0 Å². The summed E-state index contributed by atoms with van der Waals surface area (Å²) in [6.45, 7) is 0. The quantitative estimate of drug-likeness (QED) is 0.411. The standard InChI is InChI=1S/C17H12N2O5.2Na/c1-2-10-3-5-13(6-4-10)18-17(24)19-14-8-11(15(20)21)7-12(9-14)16(22)23;;/h1,3-9H,(H,20,21)(H,22,23)(H2,18,19,24);;/q;2*+1/p-2. The molecule has 0 aliphatic rings. The maximum absolute atomic E-state index is 11.9. The number of carboxylic acid groups (broad SMARTS) is 2. The Hall–Kier alpha value is -1.79. The minimum atomic E-state index is -1.58. The van der Waals surface area contributed by atoms with Gasteiger partial charge in [0, 0.05) is 16.9 Å². The first kappa shape index (κ1) is 24.2. The van der Waals surface area contributed by atoms with Crippen molar-refractivity contribution >= 4 is 29.3 Å². The molecule has 0 fully saturated rings. The van der Waals surface area contributed by atoms with Crippen LogP contribution in [0.3, 0.4) is 0 Å². The molecule has 120 valence electrons. The number of nitrogens with one attached hydrogen (secondary N) is 2. The van der Waals surface area contributed by atoms with Crippen LogP contribution in [0.4, 0.5) is 16.2 Å². The summed E-state index contributed by atoms with van der Waals surface area (Å²) in [5.74, 6) is -0.725. The molecule has 26 heavy (non-hydrogen) atoms.